The van der Waals surface area contributed by atoms with E-state index in [-0.39, 0.29) is 5.24 Å². The molecular formula is C10H18Cl2O. The highest BCUT2D eigenvalue weighted by atomic mass is 35.5. The molecule has 78 valence electrons. The van der Waals surface area contributed by atoms with Gasteiger partial charge in [-0.2, -0.15) is 0 Å². The number of carbonyl (C=O) groups is 1. The van der Waals surface area contributed by atoms with E-state index in [1.165, 1.54) is 25.7 Å². The molecule has 0 fully saturated rings. The van der Waals surface area contributed by atoms with Gasteiger partial charge in [0.1, 0.15) is 0 Å². The van der Waals surface area contributed by atoms with Crippen molar-refractivity contribution in [2.45, 2.75) is 51.4 Å². The lowest BCUT2D eigenvalue weighted by Gasteiger charge is -1.99. The van der Waals surface area contributed by atoms with Gasteiger partial charge < -0.3 is 0 Å². The van der Waals surface area contributed by atoms with Gasteiger partial charge in [-0.15, -0.1) is 11.6 Å². The fraction of sp³-hybridized carbons (Fsp3) is 0.900. The first kappa shape index (κ1) is 13.2. The SMILES string of the molecule is O=C(Cl)CCCCCCCCCCl. The molecule has 0 atom stereocenters. The average molecular weight is 225 g/mol. The van der Waals surface area contributed by atoms with Gasteiger partial charge in [0.25, 0.3) is 0 Å². The maximum Gasteiger partial charge on any atom is 0.221 e. The van der Waals surface area contributed by atoms with E-state index in [1.54, 1.807) is 0 Å². The van der Waals surface area contributed by atoms with Gasteiger partial charge >= 0.3 is 0 Å². The van der Waals surface area contributed by atoms with Gasteiger partial charge in [-0.3, -0.25) is 4.79 Å². The highest BCUT2D eigenvalue weighted by Gasteiger charge is 1.95. The van der Waals surface area contributed by atoms with Crippen LogP contribution in [0.5, 0.6) is 0 Å². The largest absolute Gasteiger partial charge is 0.281 e. The highest BCUT2D eigenvalue weighted by Crippen LogP contribution is 2.09. The van der Waals surface area contributed by atoms with Crippen molar-refractivity contribution in [3.8, 4) is 0 Å². The lowest BCUT2D eigenvalue weighted by Crippen LogP contribution is -1.86. The normalized spacial score (nSPS) is 10.3. The number of halogens is 2. The lowest BCUT2D eigenvalue weighted by molar-refractivity contribution is -0.111. The fourth-order valence-electron chi connectivity index (χ4n) is 1.24. The second kappa shape index (κ2) is 10.3. The van der Waals surface area contributed by atoms with Gasteiger partial charge in [-0.25, -0.2) is 0 Å². The molecule has 0 saturated heterocycles. The van der Waals surface area contributed by atoms with Gasteiger partial charge in [0.15, 0.2) is 0 Å². The van der Waals surface area contributed by atoms with Crippen LogP contribution in [0, 0.1) is 0 Å². The summed E-state index contributed by atoms with van der Waals surface area (Å²) in [4.78, 5) is 10.4. The van der Waals surface area contributed by atoms with Gasteiger partial charge in [0.2, 0.25) is 5.24 Å². The number of unbranched alkanes of at least 4 members (excludes halogenated alkanes) is 6. The molecule has 0 spiro atoms. The van der Waals surface area contributed by atoms with Crippen LogP contribution in [0.4, 0.5) is 0 Å². The maximum absolute atomic E-state index is 10.4. The molecule has 0 aliphatic carbocycles. The number of hydrogen-bond donors (Lipinski definition) is 0. The van der Waals surface area contributed by atoms with Gasteiger partial charge in [0.05, 0.1) is 0 Å². The van der Waals surface area contributed by atoms with E-state index in [0.29, 0.717) is 6.42 Å². The Balaban J connectivity index is 2.87. The van der Waals surface area contributed by atoms with E-state index < -0.39 is 0 Å². The number of alkyl halides is 1. The molecular weight excluding hydrogens is 207 g/mol. The summed E-state index contributed by atoms with van der Waals surface area (Å²) >= 11 is 10.8. The van der Waals surface area contributed by atoms with Crippen LogP contribution < -0.4 is 0 Å². The third-order valence-electron chi connectivity index (χ3n) is 2.01. The Morgan fingerprint density at radius 2 is 1.31 bits per heavy atom. The summed E-state index contributed by atoms with van der Waals surface area (Å²) in [6, 6.07) is 0. The zero-order chi connectivity index (χ0) is 9.94. The molecule has 0 saturated carbocycles. The third-order valence-corrected chi connectivity index (χ3v) is 2.46. The molecule has 0 N–H and O–H groups in total. The second-order valence-corrected chi connectivity index (χ2v) is 4.07. The summed E-state index contributed by atoms with van der Waals surface area (Å²) in [5, 5.41) is -0.206. The van der Waals surface area contributed by atoms with Crippen LogP contribution in [0.25, 0.3) is 0 Å². The molecule has 0 aromatic heterocycles. The monoisotopic (exact) mass is 224 g/mol. The van der Waals surface area contributed by atoms with Crippen molar-refractivity contribution in [3.63, 3.8) is 0 Å². The first-order valence-corrected chi connectivity index (χ1v) is 5.93. The summed E-state index contributed by atoms with van der Waals surface area (Å²) in [7, 11) is 0. The highest BCUT2D eigenvalue weighted by molar-refractivity contribution is 6.63. The van der Waals surface area contributed by atoms with Crippen LogP contribution >= 0.6 is 23.2 Å². The van der Waals surface area contributed by atoms with Crippen LogP contribution in [0.1, 0.15) is 51.4 Å². The van der Waals surface area contributed by atoms with Crippen molar-refractivity contribution in [1.82, 2.24) is 0 Å². The molecule has 0 aliphatic heterocycles. The Kier molecular flexibility index (Phi) is 10.5. The molecule has 1 nitrogen and oxygen atoms in total. The molecule has 0 aromatic rings. The van der Waals surface area contributed by atoms with Crippen LogP contribution in [-0.4, -0.2) is 11.1 Å². The van der Waals surface area contributed by atoms with E-state index >= 15 is 0 Å². The first-order chi connectivity index (χ1) is 6.27. The van der Waals surface area contributed by atoms with Crippen molar-refractivity contribution in [2.75, 3.05) is 5.88 Å². The topological polar surface area (TPSA) is 17.1 Å². The van der Waals surface area contributed by atoms with Crippen molar-refractivity contribution in [1.29, 1.82) is 0 Å². The fourth-order valence-corrected chi connectivity index (χ4v) is 1.56. The molecule has 0 bridgehead atoms. The van der Waals surface area contributed by atoms with Gasteiger partial charge in [0, 0.05) is 12.3 Å². The standard InChI is InChI=1S/C10H18Cl2O/c11-9-7-5-3-1-2-4-6-8-10(12)13/h1-9H2. The number of carbonyl (C=O) groups excluding carboxylic acids is 1. The predicted molar refractivity (Wildman–Crippen MR) is 58.5 cm³/mol. The van der Waals surface area contributed by atoms with Gasteiger partial charge in [-0.1, -0.05) is 32.1 Å². The van der Waals surface area contributed by atoms with E-state index in [4.69, 9.17) is 23.2 Å². The Labute approximate surface area is 90.8 Å². The summed E-state index contributed by atoms with van der Waals surface area (Å²) in [6.45, 7) is 0. The molecule has 0 aliphatic rings. The number of rotatable bonds is 9. The van der Waals surface area contributed by atoms with Crippen molar-refractivity contribution in [3.05, 3.63) is 0 Å². The molecule has 13 heavy (non-hydrogen) atoms. The minimum absolute atomic E-state index is 0.206. The second-order valence-electron chi connectivity index (χ2n) is 3.27. The van der Waals surface area contributed by atoms with E-state index in [0.717, 1.165) is 25.1 Å². The third kappa shape index (κ3) is 12.2. The molecule has 0 unspecified atom stereocenters. The smallest absolute Gasteiger partial charge is 0.221 e. The maximum atomic E-state index is 10.4. The van der Waals surface area contributed by atoms with E-state index in [2.05, 4.69) is 0 Å². The van der Waals surface area contributed by atoms with Crippen molar-refractivity contribution >= 4 is 28.4 Å². The minimum atomic E-state index is -0.206. The molecule has 0 radical (unpaired) electrons. The van der Waals surface area contributed by atoms with Crippen LogP contribution in [0.3, 0.4) is 0 Å². The van der Waals surface area contributed by atoms with Crippen molar-refractivity contribution < 1.29 is 4.79 Å². The molecule has 0 amide bonds. The summed E-state index contributed by atoms with van der Waals surface area (Å²) in [5.74, 6) is 0.779. The molecule has 3 heteroatoms. The predicted octanol–water partition coefficient (Wildman–Crippen LogP) is 4.11. The Bertz CT molecular complexity index is 126. The molecule has 0 rings (SSSR count). The first-order valence-electron chi connectivity index (χ1n) is 5.01. The van der Waals surface area contributed by atoms with E-state index in [1.807, 2.05) is 0 Å². The van der Waals surface area contributed by atoms with Crippen molar-refractivity contribution in [2.24, 2.45) is 0 Å². The van der Waals surface area contributed by atoms with Crippen LogP contribution in [0.15, 0.2) is 0 Å². The number of hydrogen-bond acceptors (Lipinski definition) is 1. The summed E-state index contributed by atoms with van der Waals surface area (Å²) in [5.41, 5.74) is 0. The summed E-state index contributed by atoms with van der Waals surface area (Å²) in [6.07, 6.45) is 8.70. The van der Waals surface area contributed by atoms with Crippen LogP contribution in [0.2, 0.25) is 0 Å². The van der Waals surface area contributed by atoms with E-state index in [9.17, 15) is 4.79 Å². The zero-order valence-electron chi connectivity index (χ0n) is 8.03. The van der Waals surface area contributed by atoms with Crippen LogP contribution in [-0.2, 0) is 4.79 Å². The Morgan fingerprint density at radius 1 is 0.846 bits per heavy atom. The average Bonchev–Trinajstić information content (AvgIpc) is 2.09. The quantitative estimate of drug-likeness (QED) is 0.328. The molecule has 0 aromatic carbocycles. The molecule has 0 heterocycles. The Morgan fingerprint density at radius 3 is 1.77 bits per heavy atom. The van der Waals surface area contributed by atoms with Gasteiger partial charge in [-0.05, 0) is 24.4 Å². The lowest BCUT2D eigenvalue weighted by atomic mass is 10.1. The Hall–Kier alpha value is 0.250. The zero-order valence-corrected chi connectivity index (χ0v) is 9.54. The summed E-state index contributed by atoms with van der Waals surface area (Å²) < 4.78 is 0. The minimum Gasteiger partial charge on any atom is -0.281 e.